The molecule has 0 aliphatic heterocycles. The van der Waals surface area contributed by atoms with Crippen LogP contribution < -0.4 is 5.73 Å². The van der Waals surface area contributed by atoms with Gasteiger partial charge in [-0.25, -0.2) is 4.98 Å². The molecule has 1 aromatic carbocycles. The molecule has 1 amide bonds. The maximum atomic E-state index is 12.3. The number of hydrogen-bond donors (Lipinski definition) is 1. The zero-order valence-electron chi connectivity index (χ0n) is 10.4. The first-order valence-electron chi connectivity index (χ1n) is 5.56. The van der Waals surface area contributed by atoms with Crippen LogP contribution in [0.4, 0.5) is 5.69 Å². The van der Waals surface area contributed by atoms with Crippen molar-refractivity contribution in [2.75, 3.05) is 12.8 Å². The van der Waals surface area contributed by atoms with Gasteiger partial charge in [-0.3, -0.25) is 4.79 Å². The molecule has 0 radical (unpaired) electrons. The fraction of sp³-hybridized carbons (Fsp3) is 0.231. The monoisotopic (exact) mass is 261 g/mol. The molecule has 0 aliphatic carbocycles. The van der Waals surface area contributed by atoms with E-state index in [0.29, 0.717) is 17.8 Å². The summed E-state index contributed by atoms with van der Waals surface area (Å²) in [4.78, 5) is 18.1. The second-order valence-electron chi connectivity index (χ2n) is 4.23. The molecule has 0 atom stereocenters. The van der Waals surface area contributed by atoms with Crippen molar-refractivity contribution >= 4 is 22.9 Å². The van der Waals surface area contributed by atoms with Gasteiger partial charge in [0.05, 0.1) is 23.3 Å². The van der Waals surface area contributed by atoms with E-state index in [9.17, 15) is 4.79 Å². The summed E-state index contributed by atoms with van der Waals surface area (Å²) in [6.07, 6.45) is 0. The molecular weight excluding hydrogens is 246 g/mol. The number of nitrogen functional groups attached to an aromatic ring is 1. The van der Waals surface area contributed by atoms with Gasteiger partial charge in [0.25, 0.3) is 5.91 Å². The van der Waals surface area contributed by atoms with Crippen LogP contribution in [0.2, 0.25) is 0 Å². The van der Waals surface area contributed by atoms with Crippen molar-refractivity contribution in [2.45, 2.75) is 13.5 Å². The molecule has 18 heavy (non-hydrogen) atoms. The molecule has 2 rings (SSSR count). The highest BCUT2D eigenvalue weighted by molar-refractivity contribution is 7.07. The SMILES string of the molecule is Cc1ccc(N)c(C(=O)N(C)Cc2cscn2)c1. The van der Waals surface area contributed by atoms with Gasteiger partial charge in [0.15, 0.2) is 0 Å². The molecule has 0 bridgehead atoms. The molecule has 2 aromatic rings. The van der Waals surface area contributed by atoms with Crippen LogP contribution in [0.5, 0.6) is 0 Å². The quantitative estimate of drug-likeness (QED) is 0.862. The van der Waals surface area contributed by atoms with Crippen LogP contribution in [0.15, 0.2) is 29.1 Å². The van der Waals surface area contributed by atoms with Gasteiger partial charge in [-0.2, -0.15) is 0 Å². The van der Waals surface area contributed by atoms with Crippen LogP contribution >= 0.6 is 11.3 Å². The minimum absolute atomic E-state index is 0.0794. The predicted molar refractivity (Wildman–Crippen MR) is 73.5 cm³/mol. The van der Waals surface area contributed by atoms with Crippen LogP contribution in [0.25, 0.3) is 0 Å². The third-order valence-electron chi connectivity index (χ3n) is 2.67. The van der Waals surface area contributed by atoms with Gasteiger partial charge in [-0.15, -0.1) is 11.3 Å². The standard InChI is InChI=1S/C13H15N3OS/c1-9-3-4-12(14)11(5-9)13(17)16(2)6-10-7-18-8-15-10/h3-5,7-8H,6,14H2,1-2H3. The van der Waals surface area contributed by atoms with E-state index in [2.05, 4.69) is 4.98 Å². The summed E-state index contributed by atoms with van der Waals surface area (Å²) in [6, 6.07) is 5.47. The lowest BCUT2D eigenvalue weighted by Crippen LogP contribution is -2.27. The van der Waals surface area contributed by atoms with E-state index in [1.807, 2.05) is 24.4 Å². The van der Waals surface area contributed by atoms with Gasteiger partial charge in [-0.1, -0.05) is 11.6 Å². The number of anilines is 1. The molecule has 1 heterocycles. The molecule has 2 N–H and O–H groups in total. The van der Waals surface area contributed by atoms with E-state index in [1.54, 1.807) is 23.5 Å². The molecule has 0 aliphatic rings. The van der Waals surface area contributed by atoms with E-state index in [-0.39, 0.29) is 5.91 Å². The van der Waals surface area contributed by atoms with Gasteiger partial charge in [0, 0.05) is 18.1 Å². The summed E-state index contributed by atoms with van der Waals surface area (Å²) in [6.45, 7) is 2.44. The van der Waals surface area contributed by atoms with Gasteiger partial charge in [-0.05, 0) is 19.1 Å². The highest BCUT2D eigenvalue weighted by Crippen LogP contribution is 2.16. The van der Waals surface area contributed by atoms with Crippen molar-refractivity contribution in [1.29, 1.82) is 0 Å². The lowest BCUT2D eigenvalue weighted by molar-refractivity contribution is 0.0784. The third kappa shape index (κ3) is 2.68. The number of aryl methyl sites for hydroxylation is 1. The Balaban J connectivity index is 2.17. The minimum atomic E-state index is -0.0794. The Labute approximate surface area is 110 Å². The summed E-state index contributed by atoms with van der Waals surface area (Å²) in [5, 5.41) is 1.93. The molecule has 0 spiro atoms. The molecule has 5 heteroatoms. The van der Waals surface area contributed by atoms with Gasteiger partial charge in [0.1, 0.15) is 0 Å². The van der Waals surface area contributed by atoms with E-state index >= 15 is 0 Å². The molecule has 1 aromatic heterocycles. The lowest BCUT2D eigenvalue weighted by Gasteiger charge is -2.17. The fourth-order valence-electron chi connectivity index (χ4n) is 1.69. The van der Waals surface area contributed by atoms with Crippen LogP contribution in [0, 0.1) is 6.92 Å². The van der Waals surface area contributed by atoms with Crippen LogP contribution in [-0.2, 0) is 6.54 Å². The third-order valence-corrected chi connectivity index (χ3v) is 3.30. The fourth-order valence-corrected chi connectivity index (χ4v) is 2.24. The normalized spacial score (nSPS) is 10.3. The van der Waals surface area contributed by atoms with Crippen LogP contribution in [0.1, 0.15) is 21.6 Å². The van der Waals surface area contributed by atoms with Gasteiger partial charge >= 0.3 is 0 Å². The zero-order valence-corrected chi connectivity index (χ0v) is 11.2. The summed E-state index contributed by atoms with van der Waals surface area (Å²) >= 11 is 1.52. The Morgan fingerprint density at radius 2 is 2.28 bits per heavy atom. The number of benzene rings is 1. The summed E-state index contributed by atoms with van der Waals surface area (Å²) in [5.74, 6) is -0.0794. The van der Waals surface area contributed by atoms with E-state index in [4.69, 9.17) is 5.73 Å². The summed E-state index contributed by atoms with van der Waals surface area (Å²) < 4.78 is 0. The number of nitrogens with zero attached hydrogens (tertiary/aromatic N) is 2. The van der Waals surface area contributed by atoms with Crippen molar-refractivity contribution < 1.29 is 4.79 Å². The number of amides is 1. The topological polar surface area (TPSA) is 59.2 Å². The van der Waals surface area contributed by atoms with Crippen molar-refractivity contribution in [2.24, 2.45) is 0 Å². The first-order valence-corrected chi connectivity index (χ1v) is 6.51. The van der Waals surface area contributed by atoms with Crippen molar-refractivity contribution in [3.05, 3.63) is 45.9 Å². The first-order chi connectivity index (χ1) is 8.58. The Morgan fingerprint density at radius 3 is 2.94 bits per heavy atom. The maximum absolute atomic E-state index is 12.3. The highest BCUT2D eigenvalue weighted by atomic mass is 32.1. The van der Waals surface area contributed by atoms with Crippen molar-refractivity contribution in [3.63, 3.8) is 0 Å². The Bertz CT molecular complexity index is 551. The Kier molecular flexibility index (Phi) is 3.62. The number of carbonyl (C=O) groups excluding carboxylic acids is 1. The predicted octanol–water partition coefficient (Wildman–Crippen LogP) is 2.31. The molecule has 0 saturated carbocycles. The summed E-state index contributed by atoms with van der Waals surface area (Å²) in [5.41, 5.74) is 10.6. The zero-order chi connectivity index (χ0) is 13.1. The average Bonchev–Trinajstić information content (AvgIpc) is 2.84. The minimum Gasteiger partial charge on any atom is -0.398 e. The van der Waals surface area contributed by atoms with Crippen molar-refractivity contribution in [3.8, 4) is 0 Å². The smallest absolute Gasteiger partial charge is 0.256 e. The highest BCUT2D eigenvalue weighted by Gasteiger charge is 2.15. The largest absolute Gasteiger partial charge is 0.398 e. The molecule has 0 saturated heterocycles. The number of aromatic nitrogens is 1. The Morgan fingerprint density at radius 1 is 1.50 bits per heavy atom. The maximum Gasteiger partial charge on any atom is 0.256 e. The van der Waals surface area contributed by atoms with Gasteiger partial charge in [0.2, 0.25) is 0 Å². The lowest BCUT2D eigenvalue weighted by atomic mass is 10.1. The second kappa shape index (κ2) is 5.18. The number of nitrogens with two attached hydrogens (primary N) is 1. The van der Waals surface area contributed by atoms with E-state index < -0.39 is 0 Å². The molecular formula is C13H15N3OS. The van der Waals surface area contributed by atoms with Crippen molar-refractivity contribution in [1.82, 2.24) is 9.88 Å². The number of hydrogen-bond acceptors (Lipinski definition) is 4. The summed E-state index contributed by atoms with van der Waals surface area (Å²) in [7, 11) is 1.75. The first kappa shape index (κ1) is 12.6. The van der Waals surface area contributed by atoms with Crippen LogP contribution in [-0.4, -0.2) is 22.8 Å². The number of carbonyl (C=O) groups is 1. The molecule has 94 valence electrons. The van der Waals surface area contributed by atoms with E-state index in [0.717, 1.165) is 11.3 Å². The number of thiazole rings is 1. The Hall–Kier alpha value is -1.88. The molecule has 4 nitrogen and oxygen atoms in total. The molecule has 0 fully saturated rings. The average molecular weight is 261 g/mol. The van der Waals surface area contributed by atoms with Gasteiger partial charge < -0.3 is 10.6 Å². The van der Waals surface area contributed by atoms with Crippen LogP contribution in [0.3, 0.4) is 0 Å². The second-order valence-corrected chi connectivity index (χ2v) is 4.95. The molecule has 0 unspecified atom stereocenters. The van der Waals surface area contributed by atoms with E-state index in [1.165, 1.54) is 11.3 Å². The number of rotatable bonds is 3.